The Bertz CT molecular complexity index is 1030. The van der Waals surface area contributed by atoms with E-state index in [0.29, 0.717) is 24.4 Å². The summed E-state index contributed by atoms with van der Waals surface area (Å²) in [4.78, 5) is 39.0. The molecular formula is C25H32N2O5. The first-order valence-corrected chi connectivity index (χ1v) is 11.8. The van der Waals surface area contributed by atoms with Crippen molar-refractivity contribution >= 4 is 22.8 Å². The highest BCUT2D eigenvalue weighted by Crippen LogP contribution is 2.28. The Morgan fingerprint density at radius 1 is 1.16 bits per heavy atom. The van der Waals surface area contributed by atoms with Gasteiger partial charge in [0, 0.05) is 42.6 Å². The quantitative estimate of drug-likeness (QED) is 0.696. The van der Waals surface area contributed by atoms with Crippen LogP contribution in [0, 0.1) is 5.92 Å². The van der Waals surface area contributed by atoms with Crippen molar-refractivity contribution in [3.05, 3.63) is 40.2 Å². The molecule has 2 aromatic rings. The molecule has 172 valence electrons. The van der Waals surface area contributed by atoms with Gasteiger partial charge in [-0.15, -0.1) is 0 Å². The molecule has 32 heavy (non-hydrogen) atoms. The summed E-state index contributed by atoms with van der Waals surface area (Å²) < 4.78 is 11.1. The van der Waals surface area contributed by atoms with Crippen molar-refractivity contribution in [2.24, 2.45) is 5.92 Å². The Balaban J connectivity index is 1.30. The van der Waals surface area contributed by atoms with Crippen LogP contribution >= 0.6 is 0 Å². The zero-order valence-electron chi connectivity index (χ0n) is 18.9. The fourth-order valence-corrected chi connectivity index (χ4v) is 4.83. The first-order chi connectivity index (χ1) is 15.4. The Morgan fingerprint density at radius 3 is 2.56 bits per heavy atom. The average Bonchev–Trinajstić information content (AvgIpc) is 3.33. The van der Waals surface area contributed by atoms with Gasteiger partial charge in [-0.05, 0) is 56.7 Å². The summed E-state index contributed by atoms with van der Waals surface area (Å²) in [5.41, 5.74) is 0.986. The first-order valence-electron chi connectivity index (χ1n) is 11.8. The fourth-order valence-electron chi connectivity index (χ4n) is 4.83. The fraction of sp³-hybridized carbons (Fsp3) is 0.560. The van der Waals surface area contributed by atoms with Gasteiger partial charge in [0.2, 0.25) is 5.91 Å². The van der Waals surface area contributed by atoms with Gasteiger partial charge in [-0.25, -0.2) is 4.79 Å². The number of nitrogens with one attached hydrogen (secondary N) is 1. The second-order valence-corrected chi connectivity index (χ2v) is 8.95. The van der Waals surface area contributed by atoms with E-state index in [1.54, 1.807) is 19.1 Å². The molecule has 0 spiro atoms. The number of carbonyl (C=O) groups excluding carboxylic acids is 2. The molecule has 1 N–H and O–H groups in total. The molecule has 1 aromatic heterocycles. The smallest absolute Gasteiger partial charge is 0.336 e. The van der Waals surface area contributed by atoms with Gasteiger partial charge in [0.05, 0.1) is 0 Å². The molecule has 0 radical (unpaired) electrons. The summed E-state index contributed by atoms with van der Waals surface area (Å²) in [7, 11) is 0. The Labute approximate surface area is 188 Å². The molecule has 2 amide bonds. The SMILES string of the molecule is CCc1cc(=O)oc2cc(OC(C)C(=O)NC3CCN(C(=O)C4CCCC4)CC3)ccc12. The number of benzene rings is 1. The molecule has 1 atom stereocenters. The Kier molecular flexibility index (Phi) is 6.82. The number of hydrogen-bond donors (Lipinski definition) is 1. The lowest BCUT2D eigenvalue weighted by Crippen LogP contribution is -2.50. The number of amides is 2. The molecule has 1 saturated carbocycles. The van der Waals surface area contributed by atoms with Crippen LogP contribution in [0.15, 0.2) is 33.5 Å². The van der Waals surface area contributed by atoms with E-state index >= 15 is 0 Å². The molecule has 1 aliphatic heterocycles. The third-order valence-electron chi connectivity index (χ3n) is 6.72. The van der Waals surface area contributed by atoms with Crippen molar-refractivity contribution in [2.45, 2.75) is 70.9 Å². The van der Waals surface area contributed by atoms with Crippen molar-refractivity contribution in [3.63, 3.8) is 0 Å². The lowest BCUT2D eigenvalue weighted by Gasteiger charge is -2.34. The molecule has 7 heteroatoms. The van der Waals surface area contributed by atoms with Crippen LogP contribution in [0.5, 0.6) is 5.75 Å². The van der Waals surface area contributed by atoms with Crippen molar-refractivity contribution in [1.82, 2.24) is 10.2 Å². The van der Waals surface area contributed by atoms with E-state index in [0.717, 1.165) is 55.9 Å². The third-order valence-corrected chi connectivity index (χ3v) is 6.72. The zero-order chi connectivity index (χ0) is 22.7. The first kappa shape index (κ1) is 22.4. The Hall–Kier alpha value is -2.83. The molecular weight excluding hydrogens is 408 g/mol. The van der Waals surface area contributed by atoms with Gasteiger partial charge in [0.1, 0.15) is 11.3 Å². The number of rotatable bonds is 6. The number of aryl methyl sites for hydroxylation is 1. The van der Waals surface area contributed by atoms with Gasteiger partial charge in [-0.1, -0.05) is 19.8 Å². The van der Waals surface area contributed by atoms with Gasteiger partial charge in [0.15, 0.2) is 6.10 Å². The molecule has 1 aromatic carbocycles. The predicted molar refractivity (Wildman–Crippen MR) is 122 cm³/mol. The molecule has 1 aliphatic carbocycles. The number of piperidine rings is 1. The summed E-state index contributed by atoms with van der Waals surface area (Å²) in [6.45, 7) is 5.08. The minimum Gasteiger partial charge on any atom is -0.481 e. The summed E-state index contributed by atoms with van der Waals surface area (Å²) in [6.07, 6.45) is 5.91. The van der Waals surface area contributed by atoms with Crippen molar-refractivity contribution in [1.29, 1.82) is 0 Å². The van der Waals surface area contributed by atoms with Gasteiger partial charge in [-0.3, -0.25) is 9.59 Å². The number of fused-ring (bicyclic) bond motifs is 1. The molecule has 2 aliphatic rings. The predicted octanol–water partition coefficient (Wildman–Crippen LogP) is 3.42. The van der Waals surface area contributed by atoms with Gasteiger partial charge in [-0.2, -0.15) is 0 Å². The second kappa shape index (κ2) is 9.76. The lowest BCUT2D eigenvalue weighted by molar-refractivity contribution is -0.136. The molecule has 4 rings (SSSR count). The molecule has 0 bridgehead atoms. The van der Waals surface area contributed by atoms with E-state index in [9.17, 15) is 14.4 Å². The van der Waals surface area contributed by atoms with Gasteiger partial charge in [0.25, 0.3) is 5.91 Å². The maximum Gasteiger partial charge on any atom is 0.336 e. The van der Waals surface area contributed by atoms with Crippen molar-refractivity contribution < 1.29 is 18.7 Å². The van der Waals surface area contributed by atoms with Crippen LogP contribution in [0.1, 0.15) is 57.9 Å². The highest BCUT2D eigenvalue weighted by Gasteiger charge is 2.31. The van der Waals surface area contributed by atoms with Gasteiger partial charge >= 0.3 is 5.63 Å². The van der Waals surface area contributed by atoms with Crippen molar-refractivity contribution in [2.75, 3.05) is 13.1 Å². The highest BCUT2D eigenvalue weighted by atomic mass is 16.5. The maximum atomic E-state index is 12.7. The van der Waals surface area contributed by atoms with Crippen LogP contribution in [0.4, 0.5) is 0 Å². The average molecular weight is 441 g/mol. The monoisotopic (exact) mass is 440 g/mol. The maximum absolute atomic E-state index is 12.7. The van der Waals surface area contributed by atoms with Crippen LogP contribution in [0.2, 0.25) is 0 Å². The van der Waals surface area contributed by atoms with Crippen molar-refractivity contribution in [3.8, 4) is 5.75 Å². The van der Waals surface area contributed by atoms with Crippen LogP contribution in [-0.2, 0) is 16.0 Å². The summed E-state index contributed by atoms with van der Waals surface area (Å²) in [6, 6.07) is 6.85. The largest absolute Gasteiger partial charge is 0.481 e. The molecule has 7 nitrogen and oxygen atoms in total. The van der Waals surface area contributed by atoms with Crippen LogP contribution in [0.25, 0.3) is 11.0 Å². The topological polar surface area (TPSA) is 88.8 Å². The van der Waals surface area contributed by atoms with Crippen LogP contribution < -0.4 is 15.7 Å². The minimum absolute atomic E-state index is 0.0444. The highest BCUT2D eigenvalue weighted by molar-refractivity contribution is 5.83. The lowest BCUT2D eigenvalue weighted by atomic mass is 10.0. The summed E-state index contributed by atoms with van der Waals surface area (Å²) in [5.74, 6) is 0.787. The van der Waals surface area contributed by atoms with E-state index in [1.165, 1.54) is 6.07 Å². The zero-order valence-corrected chi connectivity index (χ0v) is 18.9. The van der Waals surface area contributed by atoms with Gasteiger partial charge < -0.3 is 19.4 Å². The second-order valence-electron chi connectivity index (χ2n) is 8.95. The van der Waals surface area contributed by atoms with E-state index in [1.807, 2.05) is 17.9 Å². The minimum atomic E-state index is -0.688. The van der Waals surface area contributed by atoms with E-state index in [2.05, 4.69) is 5.32 Å². The number of ether oxygens (including phenoxy) is 1. The molecule has 2 heterocycles. The van der Waals surface area contributed by atoms with Crippen LogP contribution in [-0.4, -0.2) is 41.9 Å². The normalized spacial score (nSPS) is 18.6. The summed E-state index contributed by atoms with van der Waals surface area (Å²) >= 11 is 0. The number of carbonyl (C=O) groups is 2. The standard InChI is InChI=1S/C25H32N2O5/c1-3-17-14-23(28)32-22-15-20(8-9-21(17)22)31-16(2)24(29)26-19-10-12-27(13-11-19)25(30)18-6-4-5-7-18/h8-9,14-16,18-19H,3-7,10-13H2,1-2H3,(H,26,29). The molecule has 1 saturated heterocycles. The third kappa shape index (κ3) is 4.97. The van der Waals surface area contributed by atoms with E-state index < -0.39 is 11.7 Å². The number of hydrogen-bond acceptors (Lipinski definition) is 5. The summed E-state index contributed by atoms with van der Waals surface area (Å²) in [5, 5.41) is 3.93. The van der Waals surface area contributed by atoms with Crippen LogP contribution in [0.3, 0.4) is 0 Å². The van der Waals surface area contributed by atoms with E-state index in [4.69, 9.17) is 9.15 Å². The number of likely N-dealkylation sites (tertiary alicyclic amines) is 1. The number of nitrogens with zero attached hydrogens (tertiary/aromatic N) is 1. The molecule has 1 unspecified atom stereocenters. The van der Waals surface area contributed by atoms with E-state index in [-0.39, 0.29) is 23.8 Å². The Morgan fingerprint density at radius 2 is 1.88 bits per heavy atom. The molecule has 2 fully saturated rings.